The minimum absolute atomic E-state index is 0.203. The number of hydrogen-bond donors (Lipinski definition) is 1. The van der Waals surface area contributed by atoms with Gasteiger partial charge in [-0.1, -0.05) is 48.5 Å². The van der Waals surface area contributed by atoms with E-state index in [4.69, 9.17) is 4.74 Å². The molecule has 2 atom stereocenters. The molecule has 28 heavy (non-hydrogen) atoms. The van der Waals surface area contributed by atoms with Gasteiger partial charge in [0.05, 0.1) is 6.10 Å². The van der Waals surface area contributed by atoms with Crippen molar-refractivity contribution in [2.24, 2.45) is 0 Å². The predicted octanol–water partition coefficient (Wildman–Crippen LogP) is 6.60. The zero-order valence-corrected chi connectivity index (χ0v) is 17.9. The number of benzene rings is 2. The van der Waals surface area contributed by atoms with Crippen molar-refractivity contribution in [2.75, 3.05) is 6.54 Å². The minimum atomic E-state index is 0.203. The first-order valence-corrected chi connectivity index (χ1v) is 11.1. The van der Waals surface area contributed by atoms with Crippen LogP contribution >= 0.6 is 11.3 Å². The topological polar surface area (TPSA) is 21.3 Å². The molecule has 1 aromatic heterocycles. The second kappa shape index (κ2) is 10.4. The highest BCUT2D eigenvalue weighted by Gasteiger charge is 2.14. The Kier molecular flexibility index (Phi) is 7.70. The lowest BCUT2D eigenvalue weighted by Crippen LogP contribution is -2.21. The van der Waals surface area contributed by atoms with Crippen LogP contribution in [0.5, 0.6) is 5.75 Å². The first-order valence-electron chi connectivity index (χ1n) is 10.2. The van der Waals surface area contributed by atoms with Gasteiger partial charge in [0, 0.05) is 10.9 Å². The molecule has 0 spiro atoms. The lowest BCUT2D eigenvalue weighted by molar-refractivity contribution is 0.242. The van der Waals surface area contributed by atoms with Crippen LogP contribution in [0, 0.1) is 0 Å². The van der Waals surface area contributed by atoms with Gasteiger partial charge in [0.25, 0.3) is 0 Å². The number of ether oxygens (including phenoxy) is 1. The first kappa shape index (κ1) is 20.6. The van der Waals surface area contributed by atoms with Crippen LogP contribution in [0.4, 0.5) is 0 Å². The summed E-state index contributed by atoms with van der Waals surface area (Å²) in [6.45, 7) is 7.37. The van der Waals surface area contributed by atoms with Crippen LogP contribution in [0.3, 0.4) is 0 Å². The van der Waals surface area contributed by atoms with Gasteiger partial charge < -0.3 is 10.1 Å². The maximum absolute atomic E-state index is 5.81. The Morgan fingerprint density at radius 3 is 2.29 bits per heavy atom. The standard InChI is InChI=1S/C25H31NOS/c1-19(2)27-24-13-11-22(12-14-24)23(18-21-8-5-4-6-9-21)15-16-26-20(3)25-10-7-17-28-25/h4-14,17,19-20,23,26H,15-16,18H2,1-3H3/t20-,23+/m0/s1. The summed E-state index contributed by atoms with van der Waals surface area (Å²) in [6.07, 6.45) is 2.36. The number of thiophene rings is 1. The third-order valence-corrected chi connectivity index (χ3v) is 6.02. The summed E-state index contributed by atoms with van der Waals surface area (Å²) in [7, 11) is 0. The van der Waals surface area contributed by atoms with E-state index in [1.165, 1.54) is 16.0 Å². The summed E-state index contributed by atoms with van der Waals surface area (Å²) in [4.78, 5) is 1.40. The highest BCUT2D eigenvalue weighted by Crippen LogP contribution is 2.27. The molecule has 2 aromatic carbocycles. The van der Waals surface area contributed by atoms with Crippen molar-refractivity contribution in [1.82, 2.24) is 5.32 Å². The Bertz CT molecular complexity index is 796. The van der Waals surface area contributed by atoms with E-state index >= 15 is 0 Å². The zero-order valence-electron chi connectivity index (χ0n) is 17.1. The Labute approximate surface area is 173 Å². The van der Waals surface area contributed by atoms with Crippen LogP contribution in [-0.2, 0) is 6.42 Å². The highest BCUT2D eigenvalue weighted by molar-refractivity contribution is 7.10. The van der Waals surface area contributed by atoms with Crippen molar-refractivity contribution >= 4 is 11.3 Å². The molecule has 0 aliphatic rings. The molecular formula is C25H31NOS. The van der Waals surface area contributed by atoms with Gasteiger partial charge in [0.2, 0.25) is 0 Å². The Morgan fingerprint density at radius 1 is 0.893 bits per heavy atom. The fourth-order valence-electron chi connectivity index (χ4n) is 3.49. The van der Waals surface area contributed by atoms with E-state index in [-0.39, 0.29) is 6.10 Å². The molecule has 0 bridgehead atoms. The quantitative estimate of drug-likeness (QED) is 0.419. The molecule has 3 aromatic rings. The number of nitrogens with one attached hydrogen (secondary N) is 1. The summed E-state index contributed by atoms with van der Waals surface area (Å²) >= 11 is 1.82. The van der Waals surface area contributed by atoms with Gasteiger partial charge in [-0.05, 0) is 80.8 Å². The summed E-state index contributed by atoms with van der Waals surface area (Å²) in [5.74, 6) is 1.43. The molecular weight excluding hydrogens is 362 g/mol. The van der Waals surface area contributed by atoms with Crippen molar-refractivity contribution in [3.63, 3.8) is 0 Å². The summed E-state index contributed by atoms with van der Waals surface area (Å²) < 4.78 is 5.81. The number of hydrogen-bond acceptors (Lipinski definition) is 3. The molecule has 1 heterocycles. The van der Waals surface area contributed by atoms with Crippen molar-refractivity contribution in [1.29, 1.82) is 0 Å². The van der Waals surface area contributed by atoms with E-state index in [0.29, 0.717) is 12.0 Å². The van der Waals surface area contributed by atoms with Gasteiger partial charge in [0.1, 0.15) is 5.75 Å². The molecule has 0 unspecified atom stereocenters. The van der Waals surface area contributed by atoms with E-state index in [1.807, 2.05) is 11.3 Å². The van der Waals surface area contributed by atoms with E-state index in [9.17, 15) is 0 Å². The average molecular weight is 394 g/mol. The van der Waals surface area contributed by atoms with Gasteiger partial charge in [-0.2, -0.15) is 0 Å². The van der Waals surface area contributed by atoms with E-state index in [1.54, 1.807) is 0 Å². The van der Waals surface area contributed by atoms with Crippen molar-refractivity contribution in [2.45, 2.75) is 51.7 Å². The van der Waals surface area contributed by atoms with Gasteiger partial charge >= 0.3 is 0 Å². The lowest BCUT2D eigenvalue weighted by Gasteiger charge is -2.20. The largest absolute Gasteiger partial charge is 0.491 e. The predicted molar refractivity (Wildman–Crippen MR) is 120 cm³/mol. The first-order chi connectivity index (χ1) is 13.6. The van der Waals surface area contributed by atoms with Crippen LogP contribution < -0.4 is 10.1 Å². The molecule has 0 aliphatic heterocycles. The van der Waals surface area contributed by atoms with Gasteiger partial charge in [-0.25, -0.2) is 0 Å². The normalized spacial score (nSPS) is 13.4. The monoisotopic (exact) mass is 393 g/mol. The van der Waals surface area contributed by atoms with Crippen molar-refractivity contribution < 1.29 is 4.74 Å². The Hall–Kier alpha value is -2.10. The molecule has 3 heteroatoms. The van der Waals surface area contributed by atoms with Gasteiger partial charge in [-0.15, -0.1) is 11.3 Å². The third-order valence-electron chi connectivity index (χ3n) is 4.96. The summed E-state index contributed by atoms with van der Waals surface area (Å²) in [5, 5.41) is 5.84. The molecule has 3 rings (SSSR count). The average Bonchev–Trinajstić information content (AvgIpc) is 3.23. The van der Waals surface area contributed by atoms with Crippen LogP contribution in [0.25, 0.3) is 0 Å². The van der Waals surface area contributed by atoms with Crippen molar-refractivity contribution in [3.8, 4) is 5.75 Å². The molecule has 1 N–H and O–H groups in total. The van der Waals surface area contributed by atoms with Crippen LogP contribution in [-0.4, -0.2) is 12.6 Å². The van der Waals surface area contributed by atoms with Crippen molar-refractivity contribution in [3.05, 3.63) is 88.1 Å². The highest BCUT2D eigenvalue weighted by atomic mass is 32.1. The number of rotatable bonds is 10. The maximum Gasteiger partial charge on any atom is 0.119 e. The smallest absolute Gasteiger partial charge is 0.119 e. The molecule has 0 fully saturated rings. The van der Waals surface area contributed by atoms with E-state index < -0.39 is 0 Å². The third kappa shape index (κ3) is 6.22. The summed E-state index contributed by atoms with van der Waals surface area (Å²) in [5.41, 5.74) is 2.77. The zero-order chi connectivity index (χ0) is 19.8. The van der Waals surface area contributed by atoms with Crippen LogP contribution in [0.2, 0.25) is 0 Å². The summed E-state index contributed by atoms with van der Waals surface area (Å²) in [6, 6.07) is 24.2. The lowest BCUT2D eigenvalue weighted by atomic mass is 9.89. The Morgan fingerprint density at radius 2 is 1.64 bits per heavy atom. The molecule has 0 amide bonds. The molecule has 2 nitrogen and oxygen atoms in total. The fraction of sp³-hybridized carbons (Fsp3) is 0.360. The van der Waals surface area contributed by atoms with Crippen LogP contribution in [0.1, 0.15) is 55.2 Å². The van der Waals surface area contributed by atoms with Gasteiger partial charge in [-0.3, -0.25) is 0 Å². The Balaban J connectivity index is 1.66. The van der Waals surface area contributed by atoms with Gasteiger partial charge in [0.15, 0.2) is 0 Å². The maximum atomic E-state index is 5.81. The van der Waals surface area contributed by atoms with E-state index in [2.05, 4.69) is 98.2 Å². The molecule has 148 valence electrons. The molecule has 0 radical (unpaired) electrons. The van der Waals surface area contributed by atoms with Crippen LogP contribution in [0.15, 0.2) is 72.1 Å². The molecule has 0 saturated heterocycles. The molecule has 0 saturated carbocycles. The fourth-order valence-corrected chi connectivity index (χ4v) is 4.25. The SMILES string of the molecule is CC(C)Oc1ccc([C@H](CCN[C@@H](C)c2cccs2)Cc2ccccc2)cc1. The minimum Gasteiger partial charge on any atom is -0.491 e. The second-order valence-electron chi connectivity index (χ2n) is 7.60. The second-order valence-corrected chi connectivity index (χ2v) is 8.58. The molecule has 0 aliphatic carbocycles. The van der Waals surface area contributed by atoms with E-state index in [0.717, 1.165) is 25.1 Å².